The summed E-state index contributed by atoms with van der Waals surface area (Å²) in [6, 6.07) is 20.9. The van der Waals surface area contributed by atoms with Gasteiger partial charge in [-0.1, -0.05) is 30.3 Å². The molecule has 1 amide bonds. The highest BCUT2D eigenvalue weighted by molar-refractivity contribution is 5.90. The van der Waals surface area contributed by atoms with Gasteiger partial charge < -0.3 is 10.1 Å². The number of rotatable bonds is 8. The maximum absolute atomic E-state index is 12.2. The number of carbonyl (C=O) groups excluding carboxylic acids is 1. The number of ether oxygens (including phenoxy) is 1. The average Bonchev–Trinajstić information content (AvgIpc) is 3.31. The summed E-state index contributed by atoms with van der Waals surface area (Å²) in [7, 11) is 0. The first-order valence-electron chi connectivity index (χ1n) is 10.1. The van der Waals surface area contributed by atoms with Gasteiger partial charge in [-0.15, -0.1) is 0 Å². The van der Waals surface area contributed by atoms with Crippen LogP contribution in [0.15, 0.2) is 79.1 Å². The van der Waals surface area contributed by atoms with Gasteiger partial charge in [-0.3, -0.25) is 4.79 Å². The van der Waals surface area contributed by atoms with E-state index in [1.54, 1.807) is 36.0 Å². The Kier molecular flexibility index (Phi) is 6.32. The second kappa shape index (κ2) is 9.67. The van der Waals surface area contributed by atoms with Crippen LogP contribution in [0.2, 0.25) is 0 Å². The number of hydrogen-bond acceptors (Lipinski definition) is 5. The maximum atomic E-state index is 12.2. The summed E-state index contributed by atoms with van der Waals surface area (Å²) in [5, 5.41) is 7.11. The molecule has 0 radical (unpaired) electrons. The second-order valence-electron chi connectivity index (χ2n) is 7.08. The number of carbonyl (C=O) groups is 1. The van der Waals surface area contributed by atoms with E-state index < -0.39 is 0 Å². The molecule has 0 spiro atoms. The zero-order valence-electron chi connectivity index (χ0n) is 17.2. The zero-order valence-corrected chi connectivity index (χ0v) is 17.2. The Balaban J connectivity index is 1.32. The van der Waals surface area contributed by atoms with Gasteiger partial charge in [0.05, 0.1) is 0 Å². The monoisotopic (exact) mass is 413 g/mol. The van der Waals surface area contributed by atoms with Gasteiger partial charge >= 0.3 is 0 Å². The van der Waals surface area contributed by atoms with Crippen molar-refractivity contribution in [1.82, 2.24) is 19.7 Å². The van der Waals surface area contributed by atoms with Crippen LogP contribution < -0.4 is 10.1 Å². The smallest absolute Gasteiger partial charge is 0.224 e. The molecule has 0 aliphatic carbocycles. The number of hydrogen-bond donors (Lipinski definition) is 1. The molecule has 156 valence electrons. The Bertz CT molecular complexity index is 1130. The molecule has 7 nitrogen and oxygen atoms in total. The molecule has 0 aliphatic heterocycles. The Morgan fingerprint density at radius 3 is 2.58 bits per heavy atom. The molecular weight excluding hydrogens is 390 g/mol. The van der Waals surface area contributed by atoms with Crippen LogP contribution >= 0.6 is 0 Å². The highest BCUT2D eigenvalue weighted by atomic mass is 16.5. The number of benzene rings is 2. The van der Waals surface area contributed by atoms with E-state index in [2.05, 4.69) is 32.5 Å². The van der Waals surface area contributed by atoms with E-state index in [0.717, 1.165) is 18.5 Å². The maximum Gasteiger partial charge on any atom is 0.224 e. The fourth-order valence-electron chi connectivity index (χ4n) is 3.15. The van der Waals surface area contributed by atoms with Crippen molar-refractivity contribution in [3.63, 3.8) is 0 Å². The van der Waals surface area contributed by atoms with Crippen molar-refractivity contribution < 1.29 is 9.53 Å². The van der Waals surface area contributed by atoms with Crippen molar-refractivity contribution in [2.75, 3.05) is 5.32 Å². The predicted octanol–water partition coefficient (Wildman–Crippen LogP) is 4.72. The van der Waals surface area contributed by atoms with Crippen LogP contribution in [0, 0.1) is 6.92 Å². The van der Waals surface area contributed by atoms with E-state index in [1.807, 2.05) is 42.6 Å². The number of amides is 1. The zero-order chi connectivity index (χ0) is 21.5. The predicted molar refractivity (Wildman–Crippen MR) is 118 cm³/mol. The van der Waals surface area contributed by atoms with Crippen LogP contribution in [-0.2, 0) is 11.2 Å². The summed E-state index contributed by atoms with van der Waals surface area (Å²) in [5.74, 6) is 2.26. The van der Waals surface area contributed by atoms with Crippen LogP contribution in [0.25, 0.3) is 5.82 Å². The quantitative estimate of drug-likeness (QED) is 0.452. The lowest BCUT2D eigenvalue weighted by Gasteiger charge is -2.09. The molecule has 1 N–H and O–H groups in total. The molecule has 2 aromatic heterocycles. The van der Waals surface area contributed by atoms with Crippen molar-refractivity contribution in [2.45, 2.75) is 26.2 Å². The van der Waals surface area contributed by atoms with Gasteiger partial charge in [0.25, 0.3) is 0 Å². The number of nitrogens with one attached hydrogen (secondary N) is 1. The van der Waals surface area contributed by atoms with Gasteiger partial charge in [-0.2, -0.15) is 10.1 Å². The molecule has 0 saturated heterocycles. The largest absolute Gasteiger partial charge is 0.439 e. The molecule has 7 heteroatoms. The third-order valence-electron chi connectivity index (χ3n) is 4.61. The van der Waals surface area contributed by atoms with Crippen LogP contribution in [0.3, 0.4) is 0 Å². The highest BCUT2D eigenvalue weighted by Gasteiger charge is 2.07. The van der Waals surface area contributed by atoms with Gasteiger partial charge in [0.1, 0.15) is 11.6 Å². The van der Waals surface area contributed by atoms with Crippen molar-refractivity contribution in [3.8, 4) is 17.4 Å². The molecule has 0 bridgehead atoms. The summed E-state index contributed by atoms with van der Waals surface area (Å²) >= 11 is 0. The van der Waals surface area contributed by atoms with Crippen LogP contribution in [0.1, 0.15) is 24.2 Å². The summed E-state index contributed by atoms with van der Waals surface area (Å²) < 4.78 is 7.52. The Labute approximate surface area is 180 Å². The number of anilines is 1. The number of nitrogens with zero attached hydrogens (tertiary/aromatic N) is 4. The molecule has 0 saturated carbocycles. The second-order valence-corrected chi connectivity index (χ2v) is 7.08. The minimum absolute atomic E-state index is 0.000103. The van der Waals surface area contributed by atoms with Gasteiger partial charge in [-0.25, -0.2) is 9.67 Å². The SMILES string of the molecule is Cc1nc(Oc2ccc(NC(=O)CCCc3ccccc3)cc2)cc(-n2cccn2)n1. The van der Waals surface area contributed by atoms with E-state index in [1.165, 1.54) is 5.56 Å². The van der Waals surface area contributed by atoms with Gasteiger partial charge in [0, 0.05) is 30.6 Å². The Morgan fingerprint density at radius 2 is 1.84 bits per heavy atom. The summed E-state index contributed by atoms with van der Waals surface area (Å²) in [5.41, 5.74) is 1.97. The van der Waals surface area contributed by atoms with E-state index >= 15 is 0 Å². The summed E-state index contributed by atoms with van der Waals surface area (Å²) in [4.78, 5) is 20.9. The molecule has 4 aromatic rings. The van der Waals surface area contributed by atoms with Crippen molar-refractivity contribution in [3.05, 3.63) is 90.5 Å². The van der Waals surface area contributed by atoms with E-state index in [-0.39, 0.29) is 5.91 Å². The Hall–Kier alpha value is -4.00. The van der Waals surface area contributed by atoms with Crippen LogP contribution in [0.5, 0.6) is 11.6 Å². The third kappa shape index (κ3) is 5.76. The normalized spacial score (nSPS) is 10.6. The molecule has 0 fully saturated rings. The summed E-state index contributed by atoms with van der Waals surface area (Å²) in [6.07, 6.45) is 5.67. The molecule has 4 rings (SSSR count). The molecular formula is C24H23N5O2. The van der Waals surface area contributed by atoms with Crippen LogP contribution in [0.4, 0.5) is 5.69 Å². The summed E-state index contributed by atoms with van der Waals surface area (Å²) in [6.45, 7) is 1.80. The first-order chi connectivity index (χ1) is 15.2. The average molecular weight is 413 g/mol. The highest BCUT2D eigenvalue weighted by Crippen LogP contribution is 2.23. The van der Waals surface area contributed by atoms with Gasteiger partial charge in [0.2, 0.25) is 11.8 Å². The van der Waals surface area contributed by atoms with E-state index in [9.17, 15) is 4.79 Å². The lowest BCUT2D eigenvalue weighted by molar-refractivity contribution is -0.116. The van der Waals surface area contributed by atoms with Gasteiger partial charge in [-0.05, 0) is 55.7 Å². The standard InChI is InChI=1S/C24H23N5O2/c1-18-26-22(29-16-6-15-25-29)17-24(27-18)31-21-13-11-20(12-14-21)28-23(30)10-5-9-19-7-3-2-4-8-19/h2-4,6-8,11-17H,5,9-10H2,1H3,(H,28,30). The minimum Gasteiger partial charge on any atom is -0.439 e. The number of aryl methyl sites for hydroxylation is 2. The molecule has 0 aliphatic rings. The van der Waals surface area contributed by atoms with E-state index in [0.29, 0.717) is 29.7 Å². The first-order valence-corrected chi connectivity index (χ1v) is 10.1. The van der Waals surface area contributed by atoms with Crippen molar-refractivity contribution in [2.24, 2.45) is 0 Å². The minimum atomic E-state index is -0.000103. The fourth-order valence-corrected chi connectivity index (χ4v) is 3.15. The van der Waals surface area contributed by atoms with Crippen molar-refractivity contribution in [1.29, 1.82) is 0 Å². The van der Waals surface area contributed by atoms with E-state index in [4.69, 9.17) is 4.74 Å². The van der Waals surface area contributed by atoms with Crippen molar-refractivity contribution >= 4 is 11.6 Å². The van der Waals surface area contributed by atoms with Gasteiger partial charge in [0.15, 0.2) is 5.82 Å². The molecule has 2 aromatic carbocycles. The van der Waals surface area contributed by atoms with Crippen LogP contribution in [-0.4, -0.2) is 25.7 Å². The third-order valence-corrected chi connectivity index (χ3v) is 4.61. The molecule has 0 unspecified atom stereocenters. The first kappa shape index (κ1) is 20.3. The lowest BCUT2D eigenvalue weighted by Crippen LogP contribution is -2.11. The topological polar surface area (TPSA) is 81.9 Å². The molecule has 2 heterocycles. The number of aromatic nitrogens is 4. The molecule has 0 atom stereocenters. The Morgan fingerprint density at radius 1 is 1.03 bits per heavy atom. The fraction of sp³-hybridized carbons (Fsp3) is 0.167. The molecule has 31 heavy (non-hydrogen) atoms. The lowest BCUT2D eigenvalue weighted by atomic mass is 10.1.